The Morgan fingerprint density at radius 3 is 1.55 bits per heavy atom. The molecule has 0 aliphatic carbocycles. The Bertz CT molecular complexity index is 2900. The van der Waals surface area contributed by atoms with Crippen LogP contribution in [0.4, 0.5) is 13.2 Å². The molecule has 0 aliphatic heterocycles. The minimum absolute atomic E-state index is 0. The Morgan fingerprint density at radius 1 is 0.645 bits per heavy atom. The molecule has 0 saturated carbocycles. The summed E-state index contributed by atoms with van der Waals surface area (Å²) in [5.41, 5.74) is -3.11. The summed E-state index contributed by atoms with van der Waals surface area (Å²) in [6.45, 7) is 22.8. The van der Waals surface area contributed by atoms with Crippen molar-refractivity contribution in [3.8, 4) is 28.4 Å². The van der Waals surface area contributed by atoms with Crippen molar-refractivity contribution in [3.63, 3.8) is 0 Å². The molecule has 0 spiro atoms. The van der Waals surface area contributed by atoms with Gasteiger partial charge < -0.3 is 44.8 Å². The number of aromatic hydroxyl groups is 1. The van der Waals surface area contributed by atoms with Crippen molar-refractivity contribution >= 4 is 37.8 Å². The number of hydrogen-bond donors (Lipinski definition) is 1. The van der Waals surface area contributed by atoms with Crippen molar-refractivity contribution in [1.82, 2.24) is 0 Å². The number of sulfonamides is 1. The van der Waals surface area contributed by atoms with Crippen molar-refractivity contribution in [3.05, 3.63) is 178 Å². The van der Waals surface area contributed by atoms with Gasteiger partial charge in [0.05, 0.1) is 6.04 Å². The zero-order valence-corrected chi connectivity index (χ0v) is 46.4. The maximum absolute atomic E-state index is 14.3. The van der Waals surface area contributed by atoms with Crippen molar-refractivity contribution in [2.75, 3.05) is 39.6 Å². The van der Waals surface area contributed by atoms with Gasteiger partial charge in [0.1, 0.15) is 18.1 Å². The first-order valence-corrected chi connectivity index (χ1v) is 25.9. The van der Waals surface area contributed by atoms with E-state index in [1.807, 2.05) is 129 Å². The normalized spacial score (nSPS) is 12.0. The second-order valence-electron chi connectivity index (χ2n) is 17.3. The predicted octanol–water partition coefficient (Wildman–Crippen LogP) is 12.8. The summed E-state index contributed by atoms with van der Waals surface area (Å²) in [5, 5.41) is 29.2. The fourth-order valence-electron chi connectivity index (χ4n) is 7.59. The number of halogens is 3. The summed E-state index contributed by atoms with van der Waals surface area (Å²) in [4.78, 5) is 4.66. The van der Waals surface area contributed by atoms with Gasteiger partial charge >= 0.3 is 22.6 Å². The molecule has 7 aromatic rings. The maximum atomic E-state index is 14.3. The smallest absolute Gasteiger partial charge is 0.872 e. The van der Waals surface area contributed by atoms with E-state index in [0.717, 1.165) is 66.7 Å². The minimum Gasteiger partial charge on any atom is -0.872 e. The molecule has 0 heterocycles. The number of benzene rings is 7. The number of aliphatic imine (C=N–C) groups is 1. The van der Waals surface area contributed by atoms with E-state index in [1.165, 1.54) is 18.3 Å². The van der Waals surface area contributed by atoms with Gasteiger partial charge in [0.2, 0.25) is 0 Å². The number of phenols is 1. The quantitative estimate of drug-likeness (QED) is 0.0526. The molecule has 7 rings (SSSR count). The Labute approximate surface area is 457 Å². The Kier molecular flexibility index (Phi) is 29.9. The van der Waals surface area contributed by atoms with Crippen LogP contribution in [0.15, 0.2) is 151 Å². The van der Waals surface area contributed by atoms with E-state index in [-0.39, 0.29) is 57.1 Å². The van der Waals surface area contributed by atoms with Crippen LogP contribution < -0.4 is 9.84 Å². The van der Waals surface area contributed by atoms with Gasteiger partial charge in [0.15, 0.2) is 10.0 Å². The third-order valence-electron chi connectivity index (χ3n) is 11.2. The molecule has 1 radical (unpaired) electrons. The molecule has 0 bridgehead atoms. The first kappa shape index (κ1) is 68.2. The molecule has 7 aromatic carbocycles. The van der Waals surface area contributed by atoms with Gasteiger partial charge in [-0.25, -0.2) is 8.42 Å². The number of hydrogen-bond acceptors (Lipinski definition) is 9. The summed E-state index contributed by atoms with van der Waals surface area (Å²) >= 11 is 0. The molecule has 0 unspecified atom stereocenters. The van der Waals surface area contributed by atoms with E-state index in [0.29, 0.717) is 22.4 Å². The van der Waals surface area contributed by atoms with Crippen molar-refractivity contribution in [2.45, 2.75) is 91.9 Å². The van der Waals surface area contributed by atoms with E-state index in [4.69, 9.17) is 18.9 Å². The minimum atomic E-state index is -5.95. The van der Waals surface area contributed by atoms with E-state index >= 15 is 0 Å². The van der Waals surface area contributed by atoms with Gasteiger partial charge in [-0.1, -0.05) is 172 Å². The van der Waals surface area contributed by atoms with Crippen LogP contribution >= 0.6 is 0 Å². The van der Waals surface area contributed by atoms with Gasteiger partial charge in [-0.05, 0) is 103 Å². The number of rotatable bonds is 17. The van der Waals surface area contributed by atoms with Gasteiger partial charge in [0.25, 0.3) is 0 Å². The fourth-order valence-corrected chi connectivity index (χ4v) is 8.25. The van der Waals surface area contributed by atoms with Crippen molar-refractivity contribution in [1.29, 1.82) is 0 Å². The molecule has 76 heavy (non-hydrogen) atoms. The van der Waals surface area contributed by atoms with Crippen LogP contribution in [0.5, 0.6) is 17.2 Å². The molecule has 17 heteroatoms. The van der Waals surface area contributed by atoms with E-state index in [1.54, 1.807) is 66.7 Å². The second kappa shape index (κ2) is 33.3. The van der Waals surface area contributed by atoms with Crippen LogP contribution in [0.25, 0.3) is 37.4 Å². The van der Waals surface area contributed by atoms with E-state index < -0.39 is 38.8 Å². The van der Waals surface area contributed by atoms with Gasteiger partial charge in [-0.3, -0.25) is 4.99 Å². The topological polar surface area (TPSA) is 205 Å². The number of nitrogens with zero attached hydrogens (tertiary/aromatic N) is 2. The molecule has 12 nitrogen and oxygen atoms in total. The van der Waals surface area contributed by atoms with Crippen LogP contribution in [-0.2, 0) is 58.8 Å². The number of phenolic OH excluding ortho intramolecular Hbond substituents is 1. The fraction of sp³-hybridized carbons (Fsp3) is 0.339. The average Bonchev–Trinajstić information content (AvgIpc) is 3.37. The molecule has 0 aliphatic rings. The number of fused-ring (bicyclic) bond motifs is 2. The molecule has 0 saturated heterocycles. The third-order valence-corrected chi connectivity index (χ3v) is 12.3. The third kappa shape index (κ3) is 19.3. The summed E-state index contributed by atoms with van der Waals surface area (Å²) in [6, 6.07) is 39.3. The van der Waals surface area contributed by atoms with Crippen LogP contribution in [0.1, 0.15) is 102 Å². The first-order valence-electron chi connectivity index (χ1n) is 24.5. The largest absolute Gasteiger partial charge is 2.00 e. The SMILES string of the molecule is CC(C)(C)c1cc(C=N[C@H](c2ccccc2)[C@H]([N-]S(=O)(=O)C(F)(F)F)c2ccccc2)c([O-])c(COc2ccc3ccccc3c2-c2c(O)ccc3ccccc23)c1.CCOCC.CCOCC.CCOCC.O.[Cu+2].[OH3+]. The van der Waals surface area contributed by atoms with Crippen LogP contribution in [0, 0.1) is 0 Å². The van der Waals surface area contributed by atoms with E-state index in [2.05, 4.69) is 9.71 Å². The Morgan fingerprint density at radius 2 is 1.09 bits per heavy atom. The Balaban J connectivity index is 0.00000142. The van der Waals surface area contributed by atoms with E-state index in [9.17, 15) is 31.8 Å². The molecule has 417 valence electrons. The average molecular weight is 1120 g/mol. The number of ether oxygens (including phenoxy) is 4. The first-order chi connectivity index (χ1) is 34.9. The van der Waals surface area contributed by atoms with Crippen molar-refractivity contribution < 1.29 is 78.8 Å². The Hall–Kier alpha value is -5.85. The molecule has 2 atom stereocenters. The van der Waals surface area contributed by atoms with Gasteiger partial charge in [-0.2, -0.15) is 13.2 Å². The molecular weight excluding hydrogens is 1050 g/mol. The summed E-state index contributed by atoms with van der Waals surface area (Å²) in [5.74, 6) is 0.0627. The maximum Gasteiger partial charge on any atom is 2.00 e. The summed E-state index contributed by atoms with van der Waals surface area (Å²) in [7, 11) is -5.95. The summed E-state index contributed by atoms with van der Waals surface area (Å²) < 4.78 is 90.8. The zero-order chi connectivity index (χ0) is 53.6. The number of alkyl halides is 3. The predicted molar refractivity (Wildman–Crippen MR) is 297 cm³/mol. The summed E-state index contributed by atoms with van der Waals surface area (Å²) in [6.07, 6.45) is 1.28. The zero-order valence-electron chi connectivity index (χ0n) is 44.7. The molecular formula is C59H74CuF3N2O10S+. The van der Waals surface area contributed by atoms with Crippen LogP contribution in [0.3, 0.4) is 0 Å². The molecule has 0 fully saturated rings. The molecule has 0 amide bonds. The standard InChI is InChI=1S/C47H40F3N2O5S.3C4H10O.Cu.2H2O/c1-46(2,3)36-26-34(28-51-43(32-16-6-4-7-17-32)44(33-18-8-5-9-19-33)52-58(55,56)47(48,49)50)45(54)35(27-36)29-57-40-25-23-31-15-11-13-21-38(31)42(40)41-37-20-12-10-14-30(37)22-24-39(41)53;3*1-3-5-4-2;;;/h4-28,43-44,53H,29H2,1-3H3,(H,51,54);3*3-4H2,1-2H3;;2*1H2/q-1;;;;+2;;/t43-,44-;;;;;;/m1....../s1. The molecule has 0 aromatic heterocycles. The van der Waals surface area contributed by atoms with Crippen LogP contribution in [0.2, 0.25) is 0 Å². The second-order valence-corrected chi connectivity index (χ2v) is 18.9. The van der Waals surface area contributed by atoms with Crippen molar-refractivity contribution in [2.24, 2.45) is 4.99 Å². The monoisotopic (exact) mass is 1120 g/mol. The van der Waals surface area contributed by atoms with Gasteiger partial charge in [-0.15, -0.1) is 0 Å². The van der Waals surface area contributed by atoms with Gasteiger partial charge in [0, 0.05) is 57.0 Å². The molecule has 6 N–H and O–H groups in total. The van der Waals surface area contributed by atoms with Crippen LogP contribution in [-0.4, -0.2) is 70.4 Å².